The minimum Gasteiger partial charge on any atom is -0.294 e. The average molecular weight is 1240 g/mol. The number of fused-ring (bicyclic) bond motifs is 13. The molecule has 0 saturated carbocycles. The van der Waals surface area contributed by atoms with E-state index in [4.69, 9.17) is 49.8 Å². The molecular weight excluding hydrogens is 1190 g/mol. The largest absolute Gasteiger partial charge is 0.294 e. The Morgan fingerprint density at radius 1 is 0.213 bits per heavy atom. The Hall–Kier alpha value is -12.4. The van der Waals surface area contributed by atoms with Gasteiger partial charge in [0, 0.05) is 101 Å². The van der Waals surface area contributed by atoms with Crippen LogP contribution in [-0.4, -0.2) is 59.0 Å². The third-order valence-corrected chi connectivity index (χ3v) is 19.8. The Bertz CT molecular complexity index is 5850. The summed E-state index contributed by atoms with van der Waals surface area (Å²) in [5.41, 5.74) is 10.1. The van der Waals surface area contributed by atoms with Crippen molar-refractivity contribution in [1.82, 2.24) is 59.0 Å². The number of thiophene rings is 2. The molecule has 0 aliphatic heterocycles. The zero-order chi connectivity index (χ0) is 61.8. The highest BCUT2D eigenvalue weighted by molar-refractivity contribution is 7.26. The van der Waals surface area contributed by atoms with Gasteiger partial charge in [-0.1, -0.05) is 194 Å². The van der Waals surface area contributed by atoms with Gasteiger partial charge in [-0.2, -0.15) is 9.97 Å². The van der Waals surface area contributed by atoms with Crippen LogP contribution in [0.3, 0.4) is 0 Å². The van der Waals surface area contributed by atoms with Crippen LogP contribution in [0.25, 0.3) is 187 Å². The molecule has 0 radical (unpaired) electrons. The summed E-state index contributed by atoms with van der Waals surface area (Å²) in [6.07, 6.45) is 0. The van der Waals surface area contributed by atoms with E-state index >= 15 is 0 Å². The number of rotatable bonds is 10. The molecule has 0 bridgehead atoms. The second kappa shape index (κ2) is 21.7. The third kappa shape index (κ3) is 8.95. The van der Waals surface area contributed by atoms with E-state index in [0.717, 1.165) is 77.0 Å². The maximum Gasteiger partial charge on any atom is 0.238 e. The lowest BCUT2D eigenvalue weighted by Crippen LogP contribution is -2.06. The number of para-hydroxylation sites is 2. The summed E-state index contributed by atoms with van der Waals surface area (Å²) in [5.74, 6) is 5.18. The molecule has 14 heteroatoms. The van der Waals surface area contributed by atoms with Crippen LogP contribution in [0, 0.1) is 0 Å². The molecule has 19 aromatic rings. The molecule has 0 N–H and O–H groups in total. The Kier molecular flexibility index (Phi) is 12.3. The minimum absolute atomic E-state index is 0.380. The van der Waals surface area contributed by atoms with Crippen LogP contribution in [0.2, 0.25) is 0 Å². The first-order valence-electron chi connectivity index (χ1n) is 30.9. The summed E-state index contributed by atoms with van der Waals surface area (Å²) < 4.78 is 9.34. The fraction of sp³-hybridized carbons (Fsp3) is 0. The van der Waals surface area contributed by atoms with Crippen molar-refractivity contribution in [3.05, 3.63) is 279 Å². The second-order valence-electron chi connectivity index (χ2n) is 23.1. The van der Waals surface area contributed by atoms with Crippen LogP contribution in [-0.2, 0) is 0 Å². The molecule has 0 unspecified atom stereocenters. The smallest absolute Gasteiger partial charge is 0.238 e. The molecule has 0 fully saturated rings. The molecule has 19 rings (SSSR count). The van der Waals surface area contributed by atoms with Gasteiger partial charge in [0.2, 0.25) is 5.95 Å². The summed E-state index contributed by atoms with van der Waals surface area (Å²) in [6.45, 7) is 0. The highest BCUT2D eigenvalue weighted by Crippen LogP contribution is 2.44. The van der Waals surface area contributed by atoms with Crippen molar-refractivity contribution < 1.29 is 0 Å². The van der Waals surface area contributed by atoms with Gasteiger partial charge >= 0.3 is 0 Å². The predicted octanol–water partition coefficient (Wildman–Crippen LogP) is 19.9. The lowest BCUT2D eigenvalue weighted by Gasteiger charge is -2.14. The average Bonchev–Trinajstić information content (AvgIpc) is 1.55. The molecule has 94 heavy (non-hydrogen) atoms. The summed E-state index contributed by atoms with van der Waals surface area (Å²) in [5, 5.41) is 8.88. The molecule has 8 heterocycles. The highest BCUT2D eigenvalue weighted by Gasteiger charge is 2.26. The number of benzene rings is 11. The molecule has 0 saturated heterocycles. The normalized spacial score (nSPS) is 11.8. The number of pyridine rings is 1. The first kappa shape index (κ1) is 53.5. The standard InChI is InChI=1S/C80H46N12S2/c1-5-21-47(22-6-1)72-82-73(48-23-7-2-8-24-48)85-78(84-72)53-45-60(79-87-74(49-25-9-3-10-26-49)83-75(88-79)50-27-11-4-12-28-50)81-69(46-53)91-61-33-17-13-31-56(61)70-63(91)39-40-64-71(70)57-32-14-18-34-62(57)92(64)80-89-76(51-37-41-67-58(43-51)54-29-15-19-35-65(54)93-67)86-77(90-80)52-38-42-68-59(44-52)55-30-16-20-36-66(55)94-68/h1-46H. The molecule has 0 spiro atoms. The van der Waals surface area contributed by atoms with Gasteiger partial charge in [-0.25, -0.2) is 39.9 Å². The molecule has 8 aromatic heterocycles. The van der Waals surface area contributed by atoms with Gasteiger partial charge in [0.05, 0.1) is 22.1 Å². The number of hydrogen-bond acceptors (Lipinski definition) is 12. The van der Waals surface area contributed by atoms with E-state index in [0.29, 0.717) is 69.6 Å². The lowest BCUT2D eigenvalue weighted by molar-refractivity contribution is 0.954. The number of aromatic nitrogens is 12. The van der Waals surface area contributed by atoms with E-state index in [1.807, 2.05) is 127 Å². The van der Waals surface area contributed by atoms with Gasteiger partial charge in [0.25, 0.3) is 0 Å². The van der Waals surface area contributed by atoms with Crippen LogP contribution in [0.5, 0.6) is 0 Å². The van der Waals surface area contributed by atoms with E-state index < -0.39 is 0 Å². The van der Waals surface area contributed by atoms with Crippen molar-refractivity contribution >= 4 is 107 Å². The zero-order valence-electron chi connectivity index (χ0n) is 49.7. The van der Waals surface area contributed by atoms with Crippen LogP contribution in [0.15, 0.2) is 279 Å². The van der Waals surface area contributed by atoms with Gasteiger partial charge in [-0.05, 0) is 84.9 Å². The van der Waals surface area contributed by atoms with Crippen molar-refractivity contribution in [2.75, 3.05) is 0 Å². The monoisotopic (exact) mass is 1240 g/mol. The van der Waals surface area contributed by atoms with Gasteiger partial charge in [0.15, 0.2) is 46.6 Å². The van der Waals surface area contributed by atoms with Crippen molar-refractivity contribution in [2.24, 2.45) is 0 Å². The number of hydrogen-bond donors (Lipinski definition) is 0. The quantitative estimate of drug-likeness (QED) is 0.130. The van der Waals surface area contributed by atoms with Crippen molar-refractivity contribution in [3.8, 4) is 103 Å². The Labute approximate surface area is 544 Å². The fourth-order valence-electron chi connectivity index (χ4n) is 13.2. The molecule has 12 nitrogen and oxygen atoms in total. The summed E-state index contributed by atoms with van der Waals surface area (Å²) in [7, 11) is 0. The topological polar surface area (TPSA) is 139 Å². The first-order valence-corrected chi connectivity index (χ1v) is 32.5. The van der Waals surface area contributed by atoms with Crippen LogP contribution in [0.4, 0.5) is 0 Å². The summed E-state index contributed by atoms with van der Waals surface area (Å²) >= 11 is 3.59. The van der Waals surface area contributed by atoms with Crippen LogP contribution < -0.4 is 0 Å². The van der Waals surface area contributed by atoms with Crippen molar-refractivity contribution in [1.29, 1.82) is 0 Å². The van der Waals surface area contributed by atoms with Crippen LogP contribution >= 0.6 is 22.7 Å². The maximum atomic E-state index is 5.65. The third-order valence-electron chi connectivity index (χ3n) is 17.5. The second-order valence-corrected chi connectivity index (χ2v) is 25.3. The minimum atomic E-state index is 0.380. The molecule has 438 valence electrons. The summed E-state index contributed by atoms with van der Waals surface area (Å²) in [6, 6.07) is 95.9. The predicted molar refractivity (Wildman–Crippen MR) is 382 cm³/mol. The van der Waals surface area contributed by atoms with Crippen molar-refractivity contribution in [2.45, 2.75) is 0 Å². The van der Waals surface area contributed by atoms with Gasteiger partial charge in [0.1, 0.15) is 11.5 Å². The van der Waals surface area contributed by atoms with Gasteiger partial charge in [-0.15, -0.1) is 22.7 Å². The molecule has 0 aliphatic rings. The SMILES string of the molecule is c1ccc(-c2nc(-c3ccccc3)nc(-c3cc(-c4nc(-c5ccccc5)nc(-c5ccccc5)n4)nc(-n4c5ccccc5c5c6c7ccccc7n(-c7nc(-c8ccc9sc%10ccccc%10c9c8)nc(-c8ccc9sc%10ccccc%10c9c8)n7)c6ccc54)c3)n2)cc1. The lowest BCUT2D eigenvalue weighted by atomic mass is 10.1. The Balaban J connectivity index is 0.861. The zero-order valence-corrected chi connectivity index (χ0v) is 51.4. The first-order chi connectivity index (χ1) is 46.5. The van der Waals surface area contributed by atoms with Crippen molar-refractivity contribution in [3.63, 3.8) is 0 Å². The van der Waals surface area contributed by atoms with E-state index in [1.54, 1.807) is 22.7 Å². The van der Waals surface area contributed by atoms with E-state index in [9.17, 15) is 0 Å². The maximum absolute atomic E-state index is 5.65. The van der Waals surface area contributed by atoms with E-state index in [1.165, 1.54) is 40.3 Å². The molecular formula is C80H46N12S2. The Morgan fingerprint density at radius 3 is 1.02 bits per heavy atom. The summed E-state index contributed by atoms with van der Waals surface area (Å²) in [4.78, 5) is 53.3. The number of nitrogens with zero attached hydrogens (tertiary/aromatic N) is 12. The van der Waals surface area contributed by atoms with Crippen LogP contribution in [0.1, 0.15) is 0 Å². The van der Waals surface area contributed by atoms with E-state index in [-0.39, 0.29) is 0 Å². The molecule has 11 aromatic carbocycles. The molecule has 0 aliphatic carbocycles. The fourth-order valence-corrected chi connectivity index (χ4v) is 15.3. The van der Waals surface area contributed by atoms with Gasteiger partial charge < -0.3 is 0 Å². The van der Waals surface area contributed by atoms with E-state index in [2.05, 4.69) is 161 Å². The Morgan fingerprint density at radius 2 is 0.564 bits per heavy atom. The van der Waals surface area contributed by atoms with Gasteiger partial charge in [-0.3, -0.25) is 9.13 Å². The molecule has 0 amide bonds. The molecule has 0 atom stereocenters. The highest BCUT2D eigenvalue weighted by atomic mass is 32.1.